The van der Waals surface area contributed by atoms with E-state index in [2.05, 4.69) is 15.3 Å². The molecule has 4 rings (SSSR count). The third-order valence-corrected chi connectivity index (χ3v) is 3.89. The zero-order chi connectivity index (χ0) is 16.4. The minimum Gasteiger partial charge on any atom is -0.285 e. The molecular formula is C18H15N5O. The average molecular weight is 317 g/mol. The molecule has 6 nitrogen and oxygen atoms in total. The van der Waals surface area contributed by atoms with Crippen molar-refractivity contribution >= 4 is 0 Å². The summed E-state index contributed by atoms with van der Waals surface area (Å²) in [5.41, 5.74) is 3.72. The van der Waals surface area contributed by atoms with Gasteiger partial charge in [0.05, 0.1) is 18.4 Å². The standard InChI is InChI=1S/C18H15N5O/c24-18-22(13-21-23(18)12-14-4-2-1-3-5-14)17-8-6-15(7-9-17)16-10-19-20-11-16/h1-11,13H,12H2,(H,19,20). The molecule has 1 N–H and O–H groups in total. The second-order valence-electron chi connectivity index (χ2n) is 5.46. The van der Waals surface area contributed by atoms with Crippen LogP contribution in [0.2, 0.25) is 0 Å². The lowest BCUT2D eigenvalue weighted by molar-refractivity contribution is 0.653. The fraction of sp³-hybridized carbons (Fsp3) is 0.0556. The Kier molecular flexibility index (Phi) is 3.55. The number of aromatic nitrogens is 5. The molecule has 2 aromatic carbocycles. The summed E-state index contributed by atoms with van der Waals surface area (Å²) in [5.74, 6) is 0. The summed E-state index contributed by atoms with van der Waals surface area (Å²) in [6, 6.07) is 17.5. The van der Waals surface area contributed by atoms with E-state index in [1.54, 1.807) is 17.1 Å². The zero-order valence-corrected chi connectivity index (χ0v) is 12.8. The molecule has 0 amide bonds. The highest BCUT2D eigenvalue weighted by atomic mass is 16.2. The van der Waals surface area contributed by atoms with Crippen LogP contribution in [0.25, 0.3) is 16.8 Å². The second kappa shape index (κ2) is 6.00. The van der Waals surface area contributed by atoms with Crippen molar-refractivity contribution in [1.29, 1.82) is 0 Å². The van der Waals surface area contributed by atoms with Crippen molar-refractivity contribution in [1.82, 2.24) is 24.5 Å². The maximum Gasteiger partial charge on any atom is 0.350 e. The number of aromatic amines is 1. The van der Waals surface area contributed by atoms with Crippen LogP contribution < -0.4 is 5.69 Å². The van der Waals surface area contributed by atoms with Gasteiger partial charge in [-0.2, -0.15) is 10.2 Å². The molecule has 0 aliphatic rings. The molecule has 0 aliphatic heterocycles. The van der Waals surface area contributed by atoms with Crippen LogP contribution in [0.5, 0.6) is 0 Å². The van der Waals surface area contributed by atoms with Crippen molar-refractivity contribution in [3.8, 4) is 16.8 Å². The Labute approximate surface area is 138 Å². The van der Waals surface area contributed by atoms with Crippen molar-refractivity contribution in [3.05, 3.63) is 89.4 Å². The summed E-state index contributed by atoms with van der Waals surface area (Å²) in [5, 5.41) is 10.9. The van der Waals surface area contributed by atoms with Crippen molar-refractivity contribution in [2.24, 2.45) is 0 Å². The molecule has 24 heavy (non-hydrogen) atoms. The average Bonchev–Trinajstić information content (AvgIpc) is 3.27. The molecule has 0 saturated carbocycles. The van der Waals surface area contributed by atoms with E-state index < -0.39 is 0 Å². The first-order chi connectivity index (χ1) is 11.8. The van der Waals surface area contributed by atoms with Crippen LogP contribution in [-0.2, 0) is 6.54 Å². The van der Waals surface area contributed by atoms with Crippen molar-refractivity contribution < 1.29 is 0 Å². The van der Waals surface area contributed by atoms with E-state index >= 15 is 0 Å². The summed E-state index contributed by atoms with van der Waals surface area (Å²) in [4.78, 5) is 12.5. The van der Waals surface area contributed by atoms with Crippen LogP contribution >= 0.6 is 0 Å². The van der Waals surface area contributed by atoms with Crippen LogP contribution in [0.1, 0.15) is 5.56 Å². The molecule has 0 unspecified atom stereocenters. The lowest BCUT2D eigenvalue weighted by Crippen LogP contribution is -2.24. The highest BCUT2D eigenvalue weighted by Crippen LogP contribution is 2.18. The molecular weight excluding hydrogens is 302 g/mol. The Balaban J connectivity index is 1.62. The first-order valence-electron chi connectivity index (χ1n) is 7.59. The number of nitrogens with zero attached hydrogens (tertiary/aromatic N) is 4. The van der Waals surface area contributed by atoms with Crippen molar-refractivity contribution in [3.63, 3.8) is 0 Å². The van der Waals surface area contributed by atoms with E-state index in [0.717, 1.165) is 22.4 Å². The second-order valence-corrected chi connectivity index (χ2v) is 5.46. The normalized spacial score (nSPS) is 10.8. The predicted molar refractivity (Wildman–Crippen MR) is 90.9 cm³/mol. The Morgan fingerprint density at radius 2 is 1.75 bits per heavy atom. The Bertz CT molecular complexity index is 982. The third kappa shape index (κ3) is 2.65. The fourth-order valence-corrected chi connectivity index (χ4v) is 2.60. The lowest BCUT2D eigenvalue weighted by Gasteiger charge is -2.03. The van der Waals surface area contributed by atoms with Gasteiger partial charge in [-0.3, -0.25) is 5.10 Å². The number of H-pyrrole nitrogens is 1. The molecule has 0 radical (unpaired) electrons. The predicted octanol–water partition coefficient (Wildman–Crippen LogP) is 2.47. The summed E-state index contributed by atoms with van der Waals surface area (Å²) in [6.07, 6.45) is 5.15. The number of rotatable bonds is 4. The van der Waals surface area contributed by atoms with Crippen LogP contribution in [0.4, 0.5) is 0 Å². The summed E-state index contributed by atoms with van der Waals surface area (Å²) in [6.45, 7) is 0.458. The molecule has 4 aromatic rings. The minimum absolute atomic E-state index is 0.157. The van der Waals surface area contributed by atoms with Gasteiger partial charge in [-0.1, -0.05) is 42.5 Å². The van der Waals surface area contributed by atoms with E-state index in [0.29, 0.717) is 6.54 Å². The molecule has 0 spiro atoms. The number of hydrogen-bond donors (Lipinski definition) is 1. The summed E-state index contributed by atoms with van der Waals surface area (Å²) < 4.78 is 3.00. The molecule has 0 saturated heterocycles. The van der Waals surface area contributed by atoms with Gasteiger partial charge in [-0.05, 0) is 23.3 Å². The van der Waals surface area contributed by atoms with Crippen molar-refractivity contribution in [2.75, 3.05) is 0 Å². The van der Waals surface area contributed by atoms with Crippen LogP contribution in [0.15, 0.2) is 78.1 Å². The molecule has 6 heteroatoms. The van der Waals surface area contributed by atoms with Gasteiger partial charge in [0, 0.05) is 11.8 Å². The fourth-order valence-electron chi connectivity index (χ4n) is 2.60. The molecule has 2 heterocycles. The summed E-state index contributed by atoms with van der Waals surface area (Å²) in [7, 11) is 0. The molecule has 2 aromatic heterocycles. The van der Waals surface area contributed by atoms with Gasteiger partial charge in [0.15, 0.2) is 0 Å². The van der Waals surface area contributed by atoms with E-state index in [4.69, 9.17) is 0 Å². The van der Waals surface area contributed by atoms with Gasteiger partial charge in [0.2, 0.25) is 0 Å². The molecule has 0 aliphatic carbocycles. The maximum atomic E-state index is 12.5. The smallest absolute Gasteiger partial charge is 0.285 e. The zero-order valence-electron chi connectivity index (χ0n) is 12.8. The Hall–Kier alpha value is -3.41. The van der Waals surface area contributed by atoms with Gasteiger partial charge in [0.1, 0.15) is 6.33 Å². The van der Waals surface area contributed by atoms with E-state index in [-0.39, 0.29) is 5.69 Å². The molecule has 0 atom stereocenters. The van der Waals surface area contributed by atoms with Crippen molar-refractivity contribution in [2.45, 2.75) is 6.54 Å². The van der Waals surface area contributed by atoms with Crippen LogP contribution in [0.3, 0.4) is 0 Å². The van der Waals surface area contributed by atoms with Gasteiger partial charge < -0.3 is 0 Å². The molecule has 118 valence electrons. The molecule has 0 bridgehead atoms. The Morgan fingerprint density at radius 3 is 2.46 bits per heavy atom. The van der Waals surface area contributed by atoms with Gasteiger partial charge >= 0.3 is 5.69 Å². The van der Waals surface area contributed by atoms with Crippen LogP contribution in [0, 0.1) is 0 Å². The van der Waals surface area contributed by atoms with Gasteiger partial charge in [0.25, 0.3) is 0 Å². The maximum absolute atomic E-state index is 12.5. The monoisotopic (exact) mass is 317 g/mol. The highest BCUT2D eigenvalue weighted by molar-refractivity contribution is 5.62. The lowest BCUT2D eigenvalue weighted by atomic mass is 10.1. The number of benzene rings is 2. The topological polar surface area (TPSA) is 68.5 Å². The Morgan fingerprint density at radius 1 is 0.958 bits per heavy atom. The largest absolute Gasteiger partial charge is 0.350 e. The number of hydrogen-bond acceptors (Lipinski definition) is 3. The van der Waals surface area contributed by atoms with Gasteiger partial charge in [-0.25, -0.2) is 14.0 Å². The van der Waals surface area contributed by atoms with Crippen LogP contribution in [-0.4, -0.2) is 24.5 Å². The first-order valence-corrected chi connectivity index (χ1v) is 7.59. The van der Waals surface area contributed by atoms with E-state index in [9.17, 15) is 4.79 Å². The third-order valence-electron chi connectivity index (χ3n) is 3.89. The van der Waals surface area contributed by atoms with E-state index in [1.165, 1.54) is 4.68 Å². The van der Waals surface area contributed by atoms with Gasteiger partial charge in [-0.15, -0.1) is 0 Å². The number of nitrogens with one attached hydrogen (secondary N) is 1. The highest BCUT2D eigenvalue weighted by Gasteiger charge is 2.08. The summed E-state index contributed by atoms with van der Waals surface area (Å²) >= 11 is 0. The minimum atomic E-state index is -0.157. The molecule has 0 fully saturated rings. The van der Waals surface area contributed by atoms with E-state index in [1.807, 2.05) is 60.8 Å². The quantitative estimate of drug-likeness (QED) is 0.629. The first kappa shape index (κ1) is 14.2. The SMILES string of the molecule is O=c1n(-c2ccc(-c3cn[nH]c3)cc2)cnn1Cc1ccccc1.